The van der Waals surface area contributed by atoms with Gasteiger partial charge in [-0.15, -0.1) is 0 Å². The van der Waals surface area contributed by atoms with E-state index in [4.69, 9.17) is 15.2 Å². The lowest BCUT2D eigenvalue weighted by Crippen LogP contribution is -2.45. The molecule has 3 amide bonds. The topological polar surface area (TPSA) is 167 Å². The fourth-order valence-corrected chi connectivity index (χ4v) is 5.03. The van der Waals surface area contributed by atoms with E-state index >= 15 is 0 Å². The predicted octanol–water partition coefficient (Wildman–Crippen LogP) is 4.59. The number of primary amides is 1. The van der Waals surface area contributed by atoms with E-state index in [0.717, 1.165) is 43.2 Å². The Morgan fingerprint density at radius 2 is 1.66 bits per heavy atom. The van der Waals surface area contributed by atoms with Crippen LogP contribution in [0.2, 0.25) is 0 Å². The highest BCUT2D eigenvalue weighted by atomic mass is 16.7. The van der Waals surface area contributed by atoms with Crippen LogP contribution in [0, 0.1) is 11.8 Å². The Balaban J connectivity index is 2.01. The number of hydrogen-bond acceptors (Lipinski definition) is 8. The third-order valence-electron chi connectivity index (χ3n) is 8.10. The van der Waals surface area contributed by atoms with Crippen molar-refractivity contribution < 1.29 is 33.4 Å². The van der Waals surface area contributed by atoms with Gasteiger partial charge in [-0.25, -0.2) is 0 Å². The van der Waals surface area contributed by atoms with Gasteiger partial charge in [-0.1, -0.05) is 64.7 Å². The third kappa shape index (κ3) is 16.2. The number of rotatable bonds is 24. The normalized spacial score (nSPS) is 12.7. The maximum absolute atomic E-state index is 13.7. The van der Waals surface area contributed by atoms with Crippen molar-refractivity contribution in [2.75, 3.05) is 13.3 Å². The molecule has 4 N–H and O–H groups in total. The lowest BCUT2D eigenvalue weighted by atomic mass is 9.84. The number of amides is 3. The summed E-state index contributed by atoms with van der Waals surface area (Å²) >= 11 is 0. The Morgan fingerprint density at radius 1 is 0.915 bits per heavy atom. The molecule has 1 heterocycles. The quantitative estimate of drug-likeness (QED) is 0.0841. The molecule has 0 spiro atoms. The first-order chi connectivity index (χ1) is 22.6. The number of nitrogens with zero attached hydrogens (tertiary/aromatic N) is 1. The number of carbonyl (C=O) groups is 5. The highest BCUT2D eigenvalue weighted by Crippen LogP contribution is 2.22. The van der Waals surface area contributed by atoms with Crippen LogP contribution >= 0.6 is 0 Å². The van der Waals surface area contributed by atoms with Crippen LogP contribution in [-0.2, 0) is 41.6 Å². The van der Waals surface area contributed by atoms with Gasteiger partial charge in [0.2, 0.25) is 24.5 Å². The second-order valence-electron chi connectivity index (χ2n) is 12.0. The monoisotopic (exact) mass is 652 g/mol. The lowest BCUT2D eigenvalue weighted by Gasteiger charge is -2.25. The van der Waals surface area contributed by atoms with Crippen molar-refractivity contribution in [2.45, 2.75) is 104 Å². The van der Waals surface area contributed by atoms with Crippen LogP contribution in [0.4, 0.5) is 0 Å². The minimum atomic E-state index is -0.794. The number of esters is 1. The highest BCUT2D eigenvalue weighted by molar-refractivity contribution is 5.92. The average Bonchev–Trinajstić information content (AvgIpc) is 3.05. The number of unbranched alkanes of at least 4 members (excludes halogenated alkanes) is 4. The van der Waals surface area contributed by atoms with Gasteiger partial charge in [0.05, 0.1) is 12.5 Å². The number of Topliss-reactive ketones (excluding diaryl/α,β-unsaturated/α-hetero) is 1. The summed E-state index contributed by atoms with van der Waals surface area (Å²) in [5, 5.41) is 5.89. The van der Waals surface area contributed by atoms with Gasteiger partial charge < -0.3 is 25.8 Å². The fourth-order valence-electron chi connectivity index (χ4n) is 5.03. The molecule has 0 saturated heterocycles. The lowest BCUT2D eigenvalue weighted by molar-refractivity contribution is -0.149. The van der Waals surface area contributed by atoms with Crippen LogP contribution in [0.1, 0.15) is 96.1 Å². The van der Waals surface area contributed by atoms with Crippen molar-refractivity contribution in [3.05, 3.63) is 59.9 Å². The highest BCUT2D eigenvalue weighted by Gasteiger charge is 2.30. The molecule has 0 bridgehead atoms. The fraction of sp³-hybridized carbons (Fsp3) is 0.556. The summed E-state index contributed by atoms with van der Waals surface area (Å²) in [6, 6.07) is 9.77. The molecule has 3 unspecified atom stereocenters. The summed E-state index contributed by atoms with van der Waals surface area (Å²) in [4.78, 5) is 66.7. The minimum Gasteiger partial charge on any atom is -0.457 e. The Kier molecular flexibility index (Phi) is 18.4. The SMILES string of the molecule is CCCCCC(=O)NC(Cc1ccc(OCOC(=O)Cc2cccnc2)cc1)C(=O)CC(C(=O)NCCCCCC(N)=O)C(C)CC. The molecular formula is C36H52N4O7. The van der Waals surface area contributed by atoms with Crippen LogP contribution in [0.15, 0.2) is 48.8 Å². The molecule has 47 heavy (non-hydrogen) atoms. The van der Waals surface area contributed by atoms with E-state index in [-0.39, 0.29) is 55.5 Å². The molecule has 0 aliphatic carbocycles. The molecule has 1 aromatic carbocycles. The van der Waals surface area contributed by atoms with Gasteiger partial charge >= 0.3 is 5.97 Å². The van der Waals surface area contributed by atoms with Gasteiger partial charge in [0, 0.05) is 44.1 Å². The van der Waals surface area contributed by atoms with Gasteiger partial charge in [-0.05, 0) is 60.9 Å². The number of ketones is 1. The van der Waals surface area contributed by atoms with Crippen molar-refractivity contribution in [2.24, 2.45) is 17.6 Å². The van der Waals surface area contributed by atoms with E-state index in [9.17, 15) is 24.0 Å². The van der Waals surface area contributed by atoms with E-state index in [1.807, 2.05) is 13.8 Å². The van der Waals surface area contributed by atoms with Crippen molar-refractivity contribution >= 4 is 29.5 Å². The van der Waals surface area contributed by atoms with Crippen molar-refractivity contribution in [3.63, 3.8) is 0 Å². The number of nitrogens with two attached hydrogens (primary N) is 1. The molecule has 0 saturated carbocycles. The van der Waals surface area contributed by atoms with E-state index < -0.39 is 17.9 Å². The average molecular weight is 653 g/mol. The molecule has 1 aromatic heterocycles. The van der Waals surface area contributed by atoms with Crippen LogP contribution in [0.25, 0.3) is 0 Å². The molecule has 11 heteroatoms. The largest absolute Gasteiger partial charge is 0.457 e. The molecular weight excluding hydrogens is 600 g/mol. The van der Waals surface area contributed by atoms with E-state index in [2.05, 4.69) is 22.5 Å². The molecule has 2 aromatic rings. The second kappa shape index (κ2) is 22.3. The first-order valence-electron chi connectivity index (χ1n) is 16.8. The first kappa shape index (κ1) is 38.9. The zero-order valence-electron chi connectivity index (χ0n) is 28.1. The second-order valence-corrected chi connectivity index (χ2v) is 12.0. The third-order valence-corrected chi connectivity index (χ3v) is 8.10. The standard InChI is InChI=1S/C36H52N4O7/c1-4-6-8-14-34(43)40-31(32(41)23-30(26(3)5-2)36(45)39-20-10-7-9-13-33(37)42)21-27-15-17-29(18-16-27)46-25-47-35(44)22-28-12-11-19-38-24-28/h11-12,15-19,24,26,30-31H,4-10,13-14,20-23,25H2,1-3H3,(H2,37,42)(H,39,45)(H,40,43). The Bertz CT molecular complexity index is 1250. The maximum Gasteiger partial charge on any atom is 0.313 e. The van der Waals surface area contributed by atoms with Gasteiger partial charge in [0.25, 0.3) is 0 Å². The summed E-state index contributed by atoms with van der Waals surface area (Å²) < 4.78 is 10.7. The Morgan fingerprint density at radius 3 is 2.32 bits per heavy atom. The summed E-state index contributed by atoms with van der Waals surface area (Å²) in [5.41, 5.74) is 6.74. The zero-order chi connectivity index (χ0) is 34.4. The minimum absolute atomic E-state index is 0.00796. The van der Waals surface area contributed by atoms with Crippen LogP contribution in [0.5, 0.6) is 5.75 Å². The molecule has 11 nitrogen and oxygen atoms in total. The van der Waals surface area contributed by atoms with Crippen molar-refractivity contribution in [1.82, 2.24) is 15.6 Å². The van der Waals surface area contributed by atoms with E-state index in [0.29, 0.717) is 38.0 Å². The van der Waals surface area contributed by atoms with Gasteiger partial charge in [0.1, 0.15) is 5.75 Å². The molecule has 3 atom stereocenters. The number of pyridine rings is 1. The summed E-state index contributed by atoms with van der Waals surface area (Å²) in [5.74, 6) is -1.43. The Labute approximate surface area is 278 Å². The zero-order valence-corrected chi connectivity index (χ0v) is 28.1. The molecule has 0 fully saturated rings. The van der Waals surface area contributed by atoms with Crippen molar-refractivity contribution in [1.29, 1.82) is 0 Å². The molecule has 0 aliphatic heterocycles. The molecule has 2 rings (SSSR count). The van der Waals surface area contributed by atoms with Gasteiger partial charge in [-0.2, -0.15) is 0 Å². The molecule has 258 valence electrons. The number of ether oxygens (including phenoxy) is 2. The Hall–Kier alpha value is -4.28. The van der Waals surface area contributed by atoms with Crippen LogP contribution in [-0.4, -0.2) is 53.8 Å². The molecule has 0 radical (unpaired) electrons. The van der Waals surface area contributed by atoms with Gasteiger partial charge in [-0.3, -0.25) is 29.0 Å². The van der Waals surface area contributed by atoms with Crippen LogP contribution < -0.4 is 21.1 Å². The maximum atomic E-state index is 13.7. The number of aromatic nitrogens is 1. The molecule has 0 aliphatic rings. The summed E-state index contributed by atoms with van der Waals surface area (Å²) in [6.07, 6.45) is 9.74. The number of benzene rings is 1. The van der Waals surface area contributed by atoms with Crippen molar-refractivity contribution in [3.8, 4) is 5.75 Å². The summed E-state index contributed by atoms with van der Waals surface area (Å²) in [6.45, 7) is 6.20. The predicted molar refractivity (Wildman–Crippen MR) is 179 cm³/mol. The number of nitrogens with one attached hydrogen (secondary N) is 2. The smallest absolute Gasteiger partial charge is 0.313 e. The summed E-state index contributed by atoms with van der Waals surface area (Å²) in [7, 11) is 0. The van der Waals surface area contributed by atoms with Crippen LogP contribution in [0.3, 0.4) is 0 Å². The van der Waals surface area contributed by atoms with Gasteiger partial charge in [0.15, 0.2) is 5.78 Å². The van der Waals surface area contributed by atoms with E-state index in [1.165, 1.54) is 0 Å². The first-order valence-corrected chi connectivity index (χ1v) is 16.8. The van der Waals surface area contributed by atoms with E-state index in [1.54, 1.807) is 48.8 Å². The number of carbonyl (C=O) groups excluding carboxylic acids is 5. The number of hydrogen-bond donors (Lipinski definition) is 3.